The first-order valence-corrected chi connectivity index (χ1v) is 9.51. The summed E-state index contributed by atoms with van der Waals surface area (Å²) in [5, 5.41) is 2.80. The predicted octanol–water partition coefficient (Wildman–Crippen LogP) is 2.47. The van der Waals surface area contributed by atoms with Crippen molar-refractivity contribution in [3.63, 3.8) is 0 Å². The minimum atomic E-state index is -3.58. The number of nitrogens with one attached hydrogen (secondary N) is 1. The molecule has 24 heavy (non-hydrogen) atoms. The Morgan fingerprint density at radius 3 is 2.38 bits per heavy atom. The number of nitrogens with zero attached hydrogens (tertiary/aromatic N) is 1. The molecule has 128 valence electrons. The topological polar surface area (TPSA) is 66.5 Å². The molecule has 6 heteroatoms. The number of hydrogen-bond donors (Lipinski definition) is 1. The van der Waals surface area contributed by atoms with Gasteiger partial charge in [-0.2, -0.15) is 0 Å². The van der Waals surface area contributed by atoms with E-state index in [1.165, 1.54) is 0 Å². The number of rotatable bonds is 6. The van der Waals surface area contributed by atoms with Crippen molar-refractivity contribution in [2.75, 3.05) is 10.6 Å². The van der Waals surface area contributed by atoms with E-state index < -0.39 is 16.1 Å². The average Bonchev–Trinajstić information content (AvgIpc) is 2.52. The molecule has 0 unspecified atom stereocenters. The highest BCUT2D eigenvalue weighted by atomic mass is 32.2. The van der Waals surface area contributed by atoms with Gasteiger partial charge in [0, 0.05) is 6.54 Å². The summed E-state index contributed by atoms with van der Waals surface area (Å²) < 4.78 is 25.4. The summed E-state index contributed by atoms with van der Waals surface area (Å²) in [6, 6.07) is 15.6. The van der Waals surface area contributed by atoms with E-state index in [0.717, 1.165) is 21.7 Å². The SMILES string of the molecule is Cc1cccc(CNC(=O)[C@H](C)N(c2ccccc2)S(C)(=O)=O)c1. The Hall–Kier alpha value is -2.34. The Kier molecular flexibility index (Phi) is 5.62. The highest BCUT2D eigenvalue weighted by Crippen LogP contribution is 2.20. The monoisotopic (exact) mass is 346 g/mol. The van der Waals surface area contributed by atoms with Gasteiger partial charge in [0.15, 0.2) is 0 Å². The highest BCUT2D eigenvalue weighted by molar-refractivity contribution is 7.92. The summed E-state index contributed by atoms with van der Waals surface area (Å²) in [7, 11) is -3.58. The lowest BCUT2D eigenvalue weighted by Gasteiger charge is -2.28. The van der Waals surface area contributed by atoms with Crippen molar-refractivity contribution in [1.82, 2.24) is 5.32 Å². The maximum absolute atomic E-state index is 12.4. The first-order chi connectivity index (χ1) is 11.3. The van der Waals surface area contributed by atoms with E-state index in [-0.39, 0.29) is 5.91 Å². The summed E-state index contributed by atoms with van der Waals surface area (Å²) in [5.74, 6) is -0.342. The van der Waals surface area contributed by atoms with E-state index in [4.69, 9.17) is 0 Å². The second-order valence-electron chi connectivity index (χ2n) is 5.78. The fraction of sp³-hybridized carbons (Fsp3) is 0.278. The Labute approximate surface area is 143 Å². The lowest BCUT2D eigenvalue weighted by Crippen LogP contribution is -2.47. The van der Waals surface area contributed by atoms with Gasteiger partial charge >= 0.3 is 0 Å². The van der Waals surface area contributed by atoms with Crippen LogP contribution in [0.3, 0.4) is 0 Å². The molecule has 0 spiro atoms. The smallest absolute Gasteiger partial charge is 0.243 e. The third kappa shape index (κ3) is 4.58. The molecule has 2 rings (SSSR count). The van der Waals surface area contributed by atoms with Crippen molar-refractivity contribution in [1.29, 1.82) is 0 Å². The van der Waals surface area contributed by atoms with Gasteiger partial charge in [-0.1, -0.05) is 48.0 Å². The molecule has 0 fully saturated rings. The van der Waals surface area contributed by atoms with Crippen LogP contribution < -0.4 is 9.62 Å². The van der Waals surface area contributed by atoms with E-state index in [1.807, 2.05) is 31.2 Å². The van der Waals surface area contributed by atoms with E-state index in [1.54, 1.807) is 37.3 Å². The number of amides is 1. The average molecular weight is 346 g/mol. The fourth-order valence-corrected chi connectivity index (χ4v) is 3.72. The lowest BCUT2D eigenvalue weighted by molar-refractivity contribution is -0.122. The Bertz CT molecular complexity index is 804. The van der Waals surface area contributed by atoms with Crippen molar-refractivity contribution < 1.29 is 13.2 Å². The van der Waals surface area contributed by atoms with Crippen molar-refractivity contribution in [3.05, 3.63) is 65.7 Å². The molecule has 0 aliphatic rings. The molecule has 2 aromatic carbocycles. The molecule has 0 aliphatic heterocycles. The molecule has 1 N–H and O–H groups in total. The minimum Gasteiger partial charge on any atom is -0.350 e. The number of carbonyl (C=O) groups excluding carboxylic acids is 1. The molecule has 0 heterocycles. The maximum atomic E-state index is 12.4. The fourth-order valence-electron chi connectivity index (χ4n) is 2.54. The lowest BCUT2D eigenvalue weighted by atomic mass is 10.1. The second-order valence-corrected chi connectivity index (χ2v) is 7.64. The number of hydrogen-bond acceptors (Lipinski definition) is 3. The Balaban J connectivity index is 2.14. The highest BCUT2D eigenvalue weighted by Gasteiger charge is 2.28. The van der Waals surface area contributed by atoms with Crippen LogP contribution >= 0.6 is 0 Å². The van der Waals surface area contributed by atoms with E-state index in [0.29, 0.717) is 12.2 Å². The van der Waals surface area contributed by atoms with Crippen LogP contribution in [0.5, 0.6) is 0 Å². The van der Waals surface area contributed by atoms with Crippen LogP contribution in [-0.2, 0) is 21.4 Å². The molecular weight excluding hydrogens is 324 g/mol. The van der Waals surface area contributed by atoms with E-state index >= 15 is 0 Å². The largest absolute Gasteiger partial charge is 0.350 e. The van der Waals surface area contributed by atoms with Gasteiger partial charge in [0.05, 0.1) is 11.9 Å². The number of aryl methyl sites for hydroxylation is 1. The summed E-state index contributed by atoms with van der Waals surface area (Å²) in [4.78, 5) is 12.4. The molecule has 1 amide bonds. The molecule has 1 atom stereocenters. The van der Waals surface area contributed by atoms with E-state index in [9.17, 15) is 13.2 Å². The van der Waals surface area contributed by atoms with Gasteiger partial charge in [0.25, 0.3) is 0 Å². The van der Waals surface area contributed by atoms with Gasteiger partial charge in [-0.25, -0.2) is 8.42 Å². The predicted molar refractivity (Wildman–Crippen MR) is 96.3 cm³/mol. The number of benzene rings is 2. The van der Waals surface area contributed by atoms with Crippen LogP contribution in [0.4, 0.5) is 5.69 Å². The summed E-state index contributed by atoms with van der Waals surface area (Å²) in [6.07, 6.45) is 1.10. The first kappa shape index (κ1) is 18.0. The number of para-hydroxylation sites is 1. The molecule has 0 bridgehead atoms. The minimum absolute atomic E-state index is 0.342. The third-order valence-corrected chi connectivity index (χ3v) is 4.89. The summed E-state index contributed by atoms with van der Waals surface area (Å²) >= 11 is 0. The summed E-state index contributed by atoms with van der Waals surface area (Å²) in [6.45, 7) is 3.92. The van der Waals surface area contributed by atoms with Gasteiger partial charge in [0.1, 0.15) is 6.04 Å². The maximum Gasteiger partial charge on any atom is 0.243 e. The van der Waals surface area contributed by atoms with Crippen molar-refractivity contribution in [2.45, 2.75) is 26.4 Å². The van der Waals surface area contributed by atoms with Crippen LogP contribution in [0, 0.1) is 6.92 Å². The van der Waals surface area contributed by atoms with Gasteiger partial charge in [-0.3, -0.25) is 9.10 Å². The van der Waals surface area contributed by atoms with Crippen molar-refractivity contribution in [3.8, 4) is 0 Å². The van der Waals surface area contributed by atoms with Crippen LogP contribution in [0.25, 0.3) is 0 Å². The van der Waals surface area contributed by atoms with Crippen LogP contribution in [0.15, 0.2) is 54.6 Å². The van der Waals surface area contributed by atoms with Crippen LogP contribution in [0.1, 0.15) is 18.1 Å². The molecule has 2 aromatic rings. The molecule has 0 radical (unpaired) electrons. The first-order valence-electron chi connectivity index (χ1n) is 7.67. The molecule has 5 nitrogen and oxygen atoms in total. The van der Waals surface area contributed by atoms with Gasteiger partial charge in [-0.05, 0) is 31.5 Å². The van der Waals surface area contributed by atoms with Gasteiger partial charge < -0.3 is 5.32 Å². The van der Waals surface area contributed by atoms with Gasteiger partial charge in [-0.15, -0.1) is 0 Å². The standard InChI is InChI=1S/C18H22N2O3S/c1-14-8-7-9-16(12-14)13-19-18(21)15(2)20(24(3,22)23)17-10-5-4-6-11-17/h4-12,15H,13H2,1-3H3,(H,19,21)/t15-/m0/s1. The van der Waals surface area contributed by atoms with E-state index in [2.05, 4.69) is 5.32 Å². The quantitative estimate of drug-likeness (QED) is 0.874. The Morgan fingerprint density at radius 2 is 1.79 bits per heavy atom. The van der Waals surface area contributed by atoms with Crippen LogP contribution in [-0.4, -0.2) is 26.6 Å². The molecule has 0 saturated heterocycles. The number of sulfonamides is 1. The zero-order valence-electron chi connectivity index (χ0n) is 14.1. The second kappa shape index (κ2) is 7.49. The zero-order chi connectivity index (χ0) is 17.7. The Morgan fingerprint density at radius 1 is 1.12 bits per heavy atom. The van der Waals surface area contributed by atoms with Crippen molar-refractivity contribution in [2.24, 2.45) is 0 Å². The third-order valence-electron chi connectivity index (χ3n) is 3.65. The van der Waals surface area contributed by atoms with Gasteiger partial charge in [0.2, 0.25) is 15.9 Å². The molecular formula is C18H22N2O3S. The number of anilines is 1. The molecule has 0 aromatic heterocycles. The normalized spacial score (nSPS) is 12.5. The number of carbonyl (C=O) groups is 1. The molecule has 0 aliphatic carbocycles. The van der Waals surface area contributed by atoms with Crippen LogP contribution in [0.2, 0.25) is 0 Å². The molecule has 0 saturated carbocycles. The summed E-state index contributed by atoms with van der Waals surface area (Å²) in [5.41, 5.74) is 2.55. The zero-order valence-corrected chi connectivity index (χ0v) is 14.9. The van der Waals surface area contributed by atoms with Crippen molar-refractivity contribution >= 4 is 21.6 Å².